The van der Waals surface area contributed by atoms with Gasteiger partial charge in [-0.15, -0.1) is 0 Å². The van der Waals surface area contributed by atoms with Crippen molar-refractivity contribution in [3.05, 3.63) is 59.2 Å². The molecule has 1 fully saturated rings. The van der Waals surface area contributed by atoms with E-state index in [0.29, 0.717) is 22.6 Å². The molecule has 5 heteroatoms. The van der Waals surface area contributed by atoms with Crippen LogP contribution in [-0.2, 0) is 11.3 Å². The van der Waals surface area contributed by atoms with Crippen molar-refractivity contribution in [3.8, 4) is 11.5 Å². The molecule has 0 radical (unpaired) electrons. The summed E-state index contributed by atoms with van der Waals surface area (Å²) in [6.07, 6.45) is 0. The number of methoxy groups -OCH3 is 2. The van der Waals surface area contributed by atoms with Gasteiger partial charge in [-0.05, 0) is 23.8 Å². The minimum absolute atomic E-state index is 0.0288. The van der Waals surface area contributed by atoms with Crippen LogP contribution in [0.5, 0.6) is 11.5 Å². The number of nitrogens with zero attached hydrogens (tertiary/aromatic N) is 1. The number of benzene rings is 2. The molecular formula is C20H23NO4. The van der Waals surface area contributed by atoms with E-state index < -0.39 is 0 Å². The number of ether oxygens (including phenoxy) is 3. The van der Waals surface area contributed by atoms with E-state index in [2.05, 4.69) is 4.90 Å². The fraction of sp³-hybridized carbons (Fsp3) is 0.350. The van der Waals surface area contributed by atoms with Crippen molar-refractivity contribution >= 4 is 5.78 Å². The fourth-order valence-electron chi connectivity index (χ4n) is 2.92. The summed E-state index contributed by atoms with van der Waals surface area (Å²) in [6, 6.07) is 13.0. The Bertz CT molecular complexity index is 721. The normalized spacial score (nSPS) is 15.0. The Morgan fingerprint density at radius 3 is 2.24 bits per heavy atom. The Hall–Kier alpha value is -2.37. The lowest BCUT2D eigenvalue weighted by Gasteiger charge is -2.26. The van der Waals surface area contributed by atoms with Crippen LogP contribution < -0.4 is 9.47 Å². The Kier molecular flexibility index (Phi) is 5.68. The summed E-state index contributed by atoms with van der Waals surface area (Å²) in [5.74, 6) is 1.14. The first kappa shape index (κ1) is 17.5. The number of rotatable bonds is 6. The number of ketones is 1. The maximum Gasteiger partial charge on any atom is 0.193 e. The maximum absolute atomic E-state index is 12.7. The number of morpholine rings is 1. The number of hydrogen-bond donors (Lipinski definition) is 0. The van der Waals surface area contributed by atoms with Gasteiger partial charge in [0.1, 0.15) is 0 Å². The second-order valence-electron chi connectivity index (χ2n) is 5.98. The Morgan fingerprint density at radius 1 is 0.960 bits per heavy atom. The third kappa shape index (κ3) is 4.18. The standard InChI is InChI=1S/C20H23NO4/c1-23-18-8-7-17(13-19(18)24-2)20(22)16-5-3-15(4-6-16)14-21-9-11-25-12-10-21/h3-8,13H,9-12,14H2,1-2H3. The minimum atomic E-state index is -0.0288. The van der Waals surface area contributed by atoms with E-state index >= 15 is 0 Å². The van der Waals surface area contributed by atoms with Gasteiger partial charge in [0.25, 0.3) is 0 Å². The zero-order valence-corrected chi connectivity index (χ0v) is 14.7. The summed E-state index contributed by atoms with van der Waals surface area (Å²) in [6.45, 7) is 4.36. The molecule has 1 saturated heterocycles. The SMILES string of the molecule is COc1ccc(C(=O)c2ccc(CN3CCOCC3)cc2)cc1OC. The van der Waals surface area contributed by atoms with Gasteiger partial charge < -0.3 is 14.2 Å². The van der Waals surface area contributed by atoms with E-state index in [9.17, 15) is 4.79 Å². The lowest BCUT2D eigenvalue weighted by atomic mass is 10.0. The zero-order chi connectivity index (χ0) is 17.6. The number of carbonyl (C=O) groups is 1. The predicted molar refractivity (Wildman–Crippen MR) is 95.5 cm³/mol. The summed E-state index contributed by atoms with van der Waals surface area (Å²) in [5, 5.41) is 0. The Labute approximate surface area is 148 Å². The molecule has 5 nitrogen and oxygen atoms in total. The lowest BCUT2D eigenvalue weighted by Crippen LogP contribution is -2.35. The van der Waals surface area contributed by atoms with Gasteiger partial charge in [-0.2, -0.15) is 0 Å². The van der Waals surface area contributed by atoms with Gasteiger partial charge in [0.15, 0.2) is 17.3 Å². The maximum atomic E-state index is 12.7. The van der Waals surface area contributed by atoms with E-state index in [-0.39, 0.29) is 5.78 Å². The number of hydrogen-bond acceptors (Lipinski definition) is 5. The van der Waals surface area contributed by atoms with Gasteiger partial charge in [-0.3, -0.25) is 9.69 Å². The van der Waals surface area contributed by atoms with E-state index in [4.69, 9.17) is 14.2 Å². The van der Waals surface area contributed by atoms with Crippen LogP contribution in [0.15, 0.2) is 42.5 Å². The average Bonchev–Trinajstić information content (AvgIpc) is 2.68. The third-order valence-corrected chi connectivity index (χ3v) is 4.37. The van der Waals surface area contributed by atoms with Crippen molar-refractivity contribution in [1.82, 2.24) is 4.90 Å². The molecular weight excluding hydrogens is 318 g/mol. The third-order valence-electron chi connectivity index (χ3n) is 4.37. The van der Waals surface area contributed by atoms with Crippen molar-refractivity contribution < 1.29 is 19.0 Å². The topological polar surface area (TPSA) is 48.0 Å². The molecule has 25 heavy (non-hydrogen) atoms. The monoisotopic (exact) mass is 341 g/mol. The smallest absolute Gasteiger partial charge is 0.193 e. The molecule has 2 aromatic carbocycles. The molecule has 1 aliphatic heterocycles. The summed E-state index contributed by atoms with van der Waals surface area (Å²) in [7, 11) is 3.14. The summed E-state index contributed by atoms with van der Waals surface area (Å²) >= 11 is 0. The summed E-state index contributed by atoms with van der Waals surface area (Å²) in [4.78, 5) is 15.0. The van der Waals surface area contributed by atoms with Gasteiger partial charge in [0.05, 0.1) is 27.4 Å². The highest BCUT2D eigenvalue weighted by molar-refractivity contribution is 6.09. The van der Waals surface area contributed by atoms with E-state index in [1.165, 1.54) is 5.56 Å². The quantitative estimate of drug-likeness (QED) is 0.756. The molecule has 1 aliphatic rings. The molecule has 0 bridgehead atoms. The van der Waals surface area contributed by atoms with Crippen LogP contribution in [0.4, 0.5) is 0 Å². The van der Waals surface area contributed by atoms with Crippen molar-refractivity contribution in [3.63, 3.8) is 0 Å². The highest BCUT2D eigenvalue weighted by Gasteiger charge is 2.14. The highest BCUT2D eigenvalue weighted by Crippen LogP contribution is 2.28. The second kappa shape index (κ2) is 8.14. The molecule has 132 valence electrons. The first-order chi connectivity index (χ1) is 12.2. The molecule has 1 heterocycles. The molecule has 0 N–H and O–H groups in total. The molecule has 0 spiro atoms. The van der Waals surface area contributed by atoms with Crippen LogP contribution in [-0.4, -0.2) is 51.2 Å². The first-order valence-corrected chi connectivity index (χ1v) is 8.37. The van der Waals surface area contributed by atoms with Gasteiger partial charge in [-0.1, -0.05) is 24.3 Å². The van der Waals surface area contributed by atoms with Crippen molar-refractivity contribution in [2.75, 3.05) is 40.5 Å². The van der Waals surface area contributed by atoms with Gasteiger partial charge in [0, 0.05) is 30.8 Å². The predicted octanol–water partition coefficient (Wildman–Crippen LogP) is 2.77. The van der Waals surface area contributed by atoms with Crippen LogP contribution >= 0.6 is 0 Å². The highest BCUT2D eigenvalue weighted by atomic mass is 16.5. The molecule has 0 saturated carbocycles. The van der Waals surface area contributed by atoms with E-state index in [1.54, 1.807) is 32.4 Å². The molecule has 2 aromatic rings. The van der Waals surface area contributed by atoms with Gasteiger partial charge >= 0.3 is 0 Å². The van der Waals surface area contributed by atoms with Crippen LogP contribution in [0, 0.1) is 0 Å². The van der Waals surface area contributed by atoms with Crippen LogP contribution in [0.2, 0.25) is 0 Å². The first-order valence-electron chi connectivity index (χ1n) is 8.37. The Morgan fingerprint density at radius 2 is 1.60 bits per heavy atom. The van der Waals surface area contributed by atoms with Gasteiger partial charge in [0.2, 0.25) is 0 Å². The Balaban J connectivity index is 1.72. The van der Waals surface area contributed by atoms with E-state index in [0.717, 1.165) is 32.8 Å². The van der Waals surface area contributed by atoms with Crippen LogP contribution in [0.25, 0.3) is 0 Å². The minimum Gasteiger partial charge on any atom is -0.493 e. The molecule has 0 atom stereocenters. The summed E-state index contributed by atoms with van der Waals surface area (Å²) in [5.41, 5.74) is 2.45. The fourth-order valence-corrected chi connectivity index (χ4v) is 2.92. The lowest BCUT2D eigenvalue weighted by molar-refractivity contribution is 0.0342. The zero-order valence-electron chi connectivity index (χ0n) is 14.7. The van der Waals surface area contributed by atoms with Crippen molar-refractivity contribution in [2.24, 2.45) is 0 Å². The average molecular weight is 341 g/mol. The molecule has 0 unspecified atom stereocenters. The van der Waals surface area contributed by atoms with Crippen LogP contribution in [0.1, 0.15) is 21.5 Å². The van der Waals surface area contributed by atoms with Crippen molar-refractivity contribution in [2.45, 2.75) is 6.54 Å². The molecule has 3 rings (SSSR count). The molecule has 0 aromatic heterocycles. The van der Waals surface area contributed by atoms with E-state index in [1.807, 2.05) is 24.3 Å². The number of carbonyl (C=O) groups excluding carboxylic acids is 1. The van der Waals surface area contributed by atoms with Gasteiger partial charge in [-0.25, -0.2) is 0 Å². The molecule has 0 amide bonds. The summed E-state index contributed by atoms with van der Waals surface area (Å²) < 4.78 is 15.9. The van der Waals surface area contributed by atoms with Crippen LogP contribution in [0.3, 0.4) is 0 Å². The van der Waals surface area contributed by atoms with Crippen molar-refractivity contribution in [1.29, 1.82) is 0 Å². The largest absolute Gasteiger partial charge is 0.493 e. The molecule has 0 aliphatic carbocycles. The second-order valence-corrected chi connectivity index (χ2v) is 5.98.